The molecule has 3 aromatic rings. The first-order chi connectivity index (χ1) is 16.4. The summed E-state index contributed by atoms with van der Waals surface area (Å²) in [5.74, 6) is 2.22. The van der Waals surface area contributed by atoms with E-state index in [4.69, 9.17) is 14.5 Å². The van der Waals surface area contributed by atoms with Crippen molar-refractivity contribution < 1.29 is 14.3 Å². The van der Waals surface area contributed by atoms with Crippen molar-refractivity contribution >= 4 is 17.1 Å². The van der Waals surface area contributed by atoms with E-state index in [2.05, 4.69) is 40.4 Å². The van der Waals surface area contributed by atoms with Gasteiger partial charge in [-0.15, -0.1) is 0 Å². The highest BCUT2D eigenvalue weighted by Crippen LogP contribution is 2.33. The van der Waals surface area contributed by atoms with Gasteiger partial charge in [0, 0.05) is 44.3 Å². The normalized spacial score (nSPS) is 21.0. The van der Waals surface area contributed by atoms with Crippen LogP contribution in [0.1, 0.15) is 57.0 Å². The summed E-state index contributed by atoms with van der Waals surface area (Å²) in [7, 11) is 1.69. The predicted octanol–water partition coefficient (Wildman–Crippen LogP) is 4.40. The Morgan fingerprint density at radius 1 is 1.18 bits per heavy atom. The molecule has 0 aliphatic carbocycles. The van der Waals surface area contributed by atoms with Gasteiger partial charge in [-0.2, -0.15) is 0 Å². The second-order valence-corrected chi connectivity index (χ2v) is 10.1. The third kappa shape index (κ3) is 4.67. The summed E-state index contributed by atoms with van der Waals surface area (Å²) in [5, 5.41) is 0. The van der Waals surface area contributed by atoms with Crippen LogP contribution < -0.4 is 4.74 Å². The second-order valence-electron chi connectivity index (χ2n) is 10.1. The third-order valence-corrected chi connectivity index (χ3v) is 7.21. The van der Waals surface area contributed by atoms with E-state index in [1.54, 1.807) is 7.11 Å². The highest BCUT2D eigenvalue weighted by Gasteiger charge is 2.36. The quantitative estimate of drug-likeness (QED) is 0.562. The summed E-state index contributed by atoms with van der Waals surface area (Å²) in [6.07, 6.45) is 5.98. The number of hydrogen-bond donors (Lipinski definition) is 0. The molecule has 7 heteroatoms. The van der Waals surface area contributed by atoms with Crippen LogP contribution in [0, 0.1) is 5.92 Å². The summed E-state index contributed by atoms with van der Waals surface area (Å²) in [6.45, 7) is 6.37. The zero-order valence-electron chi connectivity index (χ0n) is 20.4. The van der Waals surface area contributed by atoms with Crippen LogP contribution in [-0.2, 0) is 16.0 Å². The fourth-order valence-corrected chi connectivity index (χ4v) is 5.50. The number of fused-ring (bicyclic) bond motifs is 1. The standard InChI is InChI=1S/C27H34N4O3/c1-27(2)18-20(11-15-34-27)26(32)30-13-9-21(10-14-30)31-24(29-23-8-5-12-28-25(23)31)17-19-6-4-7-22(16-19)33-3/h4-8,12,16,20-21H,9-11,13-15,17-18H2,1-3H3. The minimum atomic E-state index is -0.215. The number of benzene rings is 1. The molecule has 2 aromatic heterocycles. The molecule has 0 saturated carbocycles. The highest BCUT2D eigenvalue weighted by molar-refractivity contribution is 5.79. The minimum absolute atomic E-state index is 0.0691. The molecule has 1 atom stereocenters. The summed E-state index contributed by atoms with van der Waals surface area (Å²) in [6, 6.07) is 12.4. The van der Waals surface area contributed by atoms with Crippen LogP contribution in [0.15, 0.2) is 42.6 Å². The van der Waals surface area contributed by atoms with E-state index in [9.17, 15) is 4.79 Å². The van der Waals surface area contributed by atoms with Crippen molar-refractivity contribution in [2.75, 3.05) is 26.8 Å². The Kier molecular flexibility index (Phi) is 6.30. The molecule has 2 saturated heterocycles. The van der Waals surface area contributed by atoms with Crippen molar-refractivity contribution in [3.8, 4) is 5.75 Å². The maximum atomic E-state index is 13.2. The van der Waals surface area contributed by atoms with Crippen LogP contribution in [0.2, 0.25) is 0 Å². The van der Waals surface area contributed by atoms with E-state index in [1.807, 2.05) is 30.5 Å². The molecule has 1 aromatic carbocycles. The number of piperidine rings is 1. The molecule has 1 amide bonds. The smallest absolute Gasteiger partial charge is 0.225 e. The second kappa shape index (κ2) is 9.37. The van der Waals surface area contributed by atoms with Crippen LogP contribution in [-0.4, -0.2) is 57.7 Å². The number of aromatic nitrogens is 3. The van der Waals surface area contributed by atoms with E-state index < -0.39 is 0 Å². The zero-order valence-corrected chi connectivity index (χ0v) is 20.4. The summed E-state index contributed by atoms with van der Waals surface area (Å²) in [5.41, 5.74) is 2.79. The molecule has 0 radical (unpaired) electrons. The Balaban J connectivity index is 1.34. The molecule has 2 aliphatic heterocycles. The van der Waals surface area contributed by atoms with Gasteiger partial charge in [0.1, 0.15) is 17.1 Å². The van der Waals surface area contributed by atoms with Crippen LogP contribution in [0.25, 0.3) is 11.2 Å². The van der Waals surface area contributed by atoms with Crippen molar-refractivity contribution in [2.24, 2.45) is 5.92 Å². The van der Waals surface area contributed by atoms with E-state index in [0.717, 1.165) is 67.1 Å². The molecule has 34 heavy (non-hydrogen) atoms. The number of carbonyl (C=O) groups excluding carboxylic acids is 1. The van der Waals surface area contributed by atoms with Gasteiger partial charge in [0.15, 0.2) is 5.65 Å². The third-order valence-electron chi connectivity index (χ3n) is 7.21. The maximum Gasteiger partial charge on any atom is 0.225 e. The van der Waals surface area contributed by atoms with E-state index in [1.165, 1.54) is 0 Å². The molecule has 4 heterocycles. The highest BCUT2D eigenvalue weighted by atomic mass is 16.5. The van der Waals surface area contributed by atoms with Gasteiger partial charge in [-0.25, -0.2) is 9.97 Å². The lowest BCUT2D eigenvalue weighted by Crippen LogP contribution is -2.46. The van der Waals surface area contributed by atoms with Gasteiger partial charge in [0.2, 0.25) is 5.91 Å². The lowest BCUT2D eigenvalue weighted by molar-refractivity contribution is -0.146. The zero-order chi connectivity index (χ0) is 23.7. The van der Waals surface area contributed by atoms with Gasteiger partial charge in [-0.3, -0.25) is 4.79 Å². The molecule has 0 N–H and O–H groups in total. The topological polar surface area (TPSA) is 69.5 Å². The van der Waals surface area contributed by atoms with Gasteiger partial charge in [0.05, 0.1) is 12.7 Å². The average molecular weight is 463 g/mol. The molecule has 0 spiro atoms. The van der Waals surface area contributed by atoms with E-state index in [0.29, 0.717) is 18.9 Å². The van der Waals surface area contributed by atoms with Gasteiger partial charge in [-0.1, -0.05) is 12.1 Å². The molecular weight excluding hydrogens is 428 g/mol. The van der Waals surface area contributed by atoms with Crippen LogP contribution in [0.5, 0.6) is 5.75 Å². The molecule has 1 unspecified atom stereocenters. The Morgan fingerprint density at radius 3 is 2.76 bits per heavy atom. The van der Waals surface area contributed by atoms with Crippen molar-refractivity contribution in [1.29, 1.82) is 0 Å². The average Bonchev–Trinajstić information content (AvgIpc) is 3.21. The van der Waals surface area contributed by atoms with E-state index in [-0.39, 0.29) is 17.6 Å². The number of ether oxygens (including phenoxy) is 2. The monoisotopic (exact) mass is 462 g/mol. The molecular formula is C27H34N4O3. The number of likely N-dealkylation sites (tertiary alicyclic amines) is 1. The van der Waals surface area contributed by atoms with E-state index >= 15 is 0 Å². The van der Waals surface area contributed by atoms with Gasteiger partial charge < -0.3 is 18.9 Å². The fourth-order valence-electron chi connectivity index (χ4n) is 5.50. The summed E-state index contributed by atoms with van der Waals surface area (Å²) >= 11 is 0. The van der Waals surface area contributed by atoms with Crippen LogP contribution in [0.4, 0.5) is 0 Å². The molecule has 180 valence electrons. The molecule has 7 nitrogen and oxygen atoms in total. The Morgan fingerprint density at radius 2 is 2.00 bits per heavy atom. The first kappa shape index (κ1) is 22.8. The summed E-state index contributed by atoms with van der Waals surface area (Å²) in [4.78, 5) is 24.9. The number of hydrogen-bond acceptors (Lipinski definition) is 5. The molecule has 2 aliphatic rings. The Bertz CT molecular complexity index is 1160. The Labute approximate surface area is 201 Å². The van der Waals surface area contributed by atoms with Gasteiger partial charge in [0.25, 0.3) is 0 Å². The van der Waals surface area contributed by atoms with Crippen LogP contribution >= 0.6 is 0 Å². The predicted molar refractivity (Wildman–Crippen MR) is 131 cm³/mol. The first-order valence-corrected chi connectivity index (χ1v) is 12.3. The lowest BCUT2D eigenvalue weighted by atomic mass is 9.87. The SMILES string of the molecule is COc1cccc(Cc2nc3cccnc3n2C2CCN(C(=O)C3CCOC(C)(C)C3)CC2)c1. The minimum Gasteiger partial charge on any atom is -0.497 e. The summed E-state index contributed by atoms with van der Waals surface area (Å²) < 4.78 is 13.5. The molecule has 0 bridgehead atoms. The number of nitrogens with zero attached hydrogens (tertiary/aromatic N) is 4. The van der Waals surface area contributed by atoms with Gasteiger partial charge in [-0.05, 0) is 69.4 Å². The number of pyridine rings is 1. The number of amides is 1. The Hall–Kier alpha value is -2.93. The number of imidazole rings is 1. The number of carbonyl (C=O) groups is 1. The van der Waals surface area contributed by atoms with Crippen molar-refractivity contribution in [3.05, 3.63) is 54.0 Å². The van der Waals surface area contributed by atoms with Crippen molar-refractivity contribution in [3.63, 3.8) is 0 Å². The number of rotatable bonds is 5. The van der Waals surface area contributed by atoms with Gasteiger partial charge >= 0.3 is 0 Å². The van der Waals surface area contributed by atoms with Crippen molar-refractivity contribution in [1.82, 2.24) is 19.4 Å². The first-order valence-electron chi connectivity index (χ1n) is 12.3. The number of methoxy groups -OCH3 is 1. The molecule has 5 rings (SSSR count). The van der Waals surface area contributed by atoms with Crippen LogP contribution in [0.3, 0.4) is 0 Å². The maximum absolute atomic E-state index is 13.2. The van der Waals surface area contributed by atoms with Crippen molar-refractivity contribution in [2.45, 2.75) is 57.6 Å². The fraction of sp³-hybridized carbons (Fsp3) is 0.519. The largest absolute Gasteiger partial charge is 0.497 e. The molecule has 2 fully saturated rings. The lowest BCUT2D eigenvalue weighted by Gasteiger charge is -2.39.